The van der Waals surface area contributed by atoms with E-state index in [0.717, 1.165) is 72.2 Å². The molecule has 52 heavy (non-hydrogen) atoms. The van der Waals surface area contributed by atoms with Gasteiger partial charge in [0.2, 0.25) is 5.91 Å². The van der Waals surface area contributed by atoms with E-state index in [-0.39, 0.29) is 23.8 Å². The second kappa shape index (κ2) is 14.4. The monoisotopic (exact) mass is 723 g/mol. The van der Waals surface area contributed by atoms with Gasteiger partial charge in [0.25, 0.3) is 5.91 Å². The van der Waals surface area contributed by atoms with E-state index in [0.29, 0.717) is 24.6 Å². The Morgan fingerprint density at radius 2 is 1.75 bits per heavy atom. The maximum absolute atomic E-state index is 15.5. The quantitative estimate of drug-likeness (QED) is 0.178. The van der Waals surface area contributed by atoms with Gasteiger partial charge in [0, 0.05) is 68.2 Å². The fourth-order valence-corrected chi connectivity index (χ4v) is 9.81. The number of carbonyl (C=O) groups excluding carboxylic acids is 2. The van der Waals surface area contributed by atoms with Crippen molar-refractivity contribution in [1.82, 2.24) is 23.4 Å². The first-order valence-electron chi connectivity index (χ1n) is 18.8. The predicted molar refractivity (Wildman–Crippen MR) is 209 cm³/mol. The van der Waals surface area contributed by atoms with Crippen molar-refractivity contribution >= 4 is 33.9 Å². The van der Waals surface area contributed by atoms with Gasteiger partial charge in [0.1, 0.15) is 5.75 Å². The van der Waals surface area contributed by atoms with Crippen LogP contribution in [-0.4, -0.2) is 82.6 Å². The molecule has 0 bridgehead atoms. The Balaban J connectivity index is 1.46. The zero-order valence-corrected chi connectivity index (χ0v) is 32.5. The number of methoxy groups -OCH3 is 1. The summed E-state index contributed by atoms with van der Waals surface area (Å²) in [5, 5.41) is 1.12. The molecule has 10 heteroatoms. The van der Waals surface area contributed by atoms with Crippen LogP contribution in [0.15, 0.2) is 66.7 Å². The van der Waals surface area contributed by atoms with E-state index in [4.69, 9.17) is 4.74 Å². The van der Waals surface area contributed by atoms with Crippen molar-refractivity contribution in [2.24, 2.45) is 11.3 Å². The van der Waals surface area contributed by atoms with Gasteiger partial charge in [-0.1, -0.05) is 70.0 Å². The molecule has 2 fully saturated rings. The van der Waals surface area contributed by atoms with Crippen LogP contribution >= 0.6 is 0 Å². The number of hydrogen-bond donors (Lipinski definition) is 1. The van der Waals surface area contributed by atoms with Gasteiger partial charge in [-0.3, -0.25) is 14.3 Å². The normalized spacial score (nSPS) is 23.2. The van der Waals surface area contributed by atoms with Gasteiger partial charge in [-0.25, -0.2) is 8.51 Å². The maximum Gasteiger partial charge on any atom is 0.264 e. The number of piperazine rings is 1. The molecule has 1 saturated carbocycles. The van der Waals surface area contributed by atoms with Crippen molar-refractivity contribution in [1.29, 1.82) is 0 Å². The number of aromatic nitrogens is 1. The van der Waals surface area contributed by atoms with Crippen molar-refractivity contribution in [2.45, 2.75) is 70.9 Å². The highest BCUT2D eigenvalue weighted by Gasteiger charge is 2.70. The summed E-state index contributed by atoms with van der Waals surface area (Å²) in [4.78, 5) is 33.6. The van der Waals surface area contributed by atoms with Crippen LogP contribution in [-0.2, 0) is 22.5 Å². The number of carbonyl (C=O) groups is 2. The molecular weight excluding hydrogens is 671 g/mol. The Kier molecular flexibility index (Phi) is 10.1. The number of nitrogens with one attached hydrogen (secondary N) is 1. The van der Waals surface area contributed by atoms with Gasteiger partial charge in [0.15, 0.2) is 11.2 Å². The first-order valence-corrected chi connectivity index (χ1v) is 19.9. The average molecular weight is 724 g/mol. The second-order valence-electron chi connectivity index (χ2n) is 15.3. The minimum absolute atomic E-state index is 0.00812. The van der Waals surface area contributed by atoms with E-state index in [9.17, 15) is 9.00 Å². The number of benzene rings is 3. The van der Waals surface area contributed by atoms with E-state index >= 15 is 4.79 Å². The summed E-state index contributed by atoms with van der Waals surface area (Å²) in [6.45, 7) is 9.49. The number of hydrogen-bond acceptors (Lipinski definition) is 5. The summed E-state index contributed by atoms with van der Waals surface area (Å²) in [7, 11) is 7.18. The lowest BCUT2D eigenvalue weighted by Crippen LogP contribution is -2.52. The molecule has 3 aliphatic rings. The van der Waals surface area contributed by atoms with E-state index in [2.05, 4.69) is 89.4 Å². The number of fused-ring (bicyclic) bond motifs is 7. The Hall–Kier alpha value is -3.99. The Morgan fingerprint density at radius 1 is 1.02 bits per heavy atom. The molecule has 7 rings (SSSR count). The first kappa shape index (κ1) is 36.4. The third-order valence-corrected chi connectivity index (χ3v) is 13.0. The van der Waals surface area contributed by atoms with Crippen LogP contribution in [0.4, 0.5) is 0 Å². The maximum atomic E-state index is 15.5. The zero-order valence-electron chi connectivity index (χ0n) is 31.6. The van der Waals surface area contributed by atoms with Gasteiger partial charge in [-0.2, -0.15) is 0 Å². The summed E-state index contributed by atoms with van der Waals surface area (Å²) in [6.07, 6.45) is 4.18. The van der Waals surface area contributed by atoms with Crippen molar-refractivity contribution in [2.75, 3.05) is 47.9 Å². The van der Waals surface area contributed by atoms with Gasteiger partial charge < -0.3 is 19.1 Å². The molecule has 1 aromatic heterocycles. The Morgan fingerprint density at radius 3 is 2.42 bits per heavy atom. The van der Waals surface area contributed by atoms with Gasteiger partial charge >= 0.3 is 0 Å². The molecule has 1 saturated heterocycles. The van der Waals surface area contributed by atoms with Crippen LogP contribution in [0.1, 0.15) is 91.4 Å². The number of rotatable bonds is 11. The molecule has 2 amide bonds. The molecule has 1 N–H and O–H groups in total. The zero-order chi connectivity index (χ0) is 36.9. The van der Waals surface area contributed by atoms with E-state index < -0.39 is 22.5 Å². The van der Waals surface area contributed by atoms with Crippen LogP contribution in [0.25, 0.3) is 22.2 Å². The third kappa shape index (κ3) is 6.06. The number of likely N-dealkylation sites (N-methyl/N-ethyl adjacent to an activating group) is 1. The first-order chi connectivity index (χ1) is 25.0. The van der Waals surface area contributed by atoms with Crippen LogP contribution in [0.2, 0.25) is 0 Å². The SMILES string of the molecule is CCCC(CCC)c1c2n(c3cc(C(=O)NS(=O)N(C)C)ccc13)C[C@]1(C(=O)N3CCN(C)CC3c3ccccc3)C(c3cc(OC)ccc3-2)[C@@H]1C. The second-order valence-corrected chi connectivity index (χ2v) is 16.7. The topological polar surface area (TPSA) is 87.1 Å². The van der Waals surface area contributed by atoms with Crippen molar-refractivity contribution < 1.29 is 18.5 Å². The molecule has 5 atom stereocenters. The number of nitrogens with zero attached hydrogens (tertiary/aromatic N) is 4. The van der Waals surface area contributed by atoms with Crippen LogP contribution in [0.3, 0.4) is 0 Å². The Labute approximate surface area is 311 Å². The summed E-state index contributed by atoms with van der Waals surface area (Å²) < 4.78 is 25.0. The van der Waals surface area contributed by atoms with E-state index in [1.807, 2.05) is 24.3 Å². The molecule has 2 aliphatic heterocycles. The van der Waals surface area contributed by atoms with Gasteiger partial charge in [-0.05, 0) is 78.7 Å². The third-order valence-electron chi connectivity index (χ3n) is 12.0. The standard InChI is InChI=1S/C42H53N5O4S/c1-8-13-29(14-9-2)37-33-19-17-30(40(48)43-52(50)44(4)5)23-35(33)47-26-42(27(3)38(42)34-24-31(51-7)18-20-32(34)39(37)47)41(49)46-22-21-45(6)25-36(46)28-15-11-10-12-16-28/h10-12,15-20,23-24,27,29,36,38H,8-9,13-14,21-22,25-26H2,1-7H3,(H,43,48)/t27-,36?,38?,42+,52?/m0/s1. The molecule has 0 radical (unpaired) electrons. The molecule has 4 aromatic rings. The smallest absolute Gasteiger partial charge is 0.264 e. The fourth-order valence-electron chi connectivity index (χ4n) is 9.35. The molecule has 276 valence electrons. The minimum atomic E-state index is -1.66. The number of amides is 2. The van der Waals surface area contributed by atoms with Crippen LogP contribution in [0, 0.1) is 11.3 Å². The van der Waals surface area contributed by atoms with Crippen LogP contribution in [0.5, 0.6) is 5.75 Å². The largest absolute Gasteiger partial charge is 0.497 e. The van der Waals surface area contributed by atoms with Gasteiger partial charge in [0.05, 0.1) is 24.3 Å². The molecule has 3 heterocycles. The van der Waals surface area contributed by atoms with Crippen molar-refractivity contribution in [3.05, 3.63) is 89.0 Å². The molecule has 9 nitrogen and oxygen atoms in total. The highest BCUT2D eigenvalue weighted by molar-refractivity contribution is 7.81. The summed E-state index contributed by atoms with van der Waals surface area (Å²) >= 11 is -1.66. The Bertz CT molecular complexity index is 2000. The van der Waals surface area contributed by atoms with Crippen LogP contribution < -0.4 is 9.46 Å². The molecule has 1 aliphatic carbocycles. The number of ether oxygens (including phenoxy) is 1. The minimum Gasteiger partial charge on any atom is -0.497 e. The molecule has 3 aromatic carbocycles. The summed E-state index contributed by atoms with van der Waals surface area (Å²) in [5.74, 6) is 1.00. The molecule has 3 unspecified atom stereocenters. The average Bonchev–Trinajstić information content (AvgIpc) is 3.66. The lowest BCUT2D eigenvalue weighted by molar-refractivity contribution is -0.143. The van der Waals surface area contributed by atoms with Gasteiger partial charge in [-0.15, -0.1) is 0 Å². The van der Waals surface area contributed by atoms with E-state index in [1.165, 1.54) is 15.4 Å². The molecular formula is C42H53N5O4S. The van der Waals surface area contributed by atoms with Crippen molar-refractivity contribution in [3.63, 3.8) is 0 Å². The lowest BCUT2D eigenvalue weighted by Gasteiger charge is -2.42. The lowest BCUT2D eigenvalue weighted by atomic mass is 9.85. The summed E-state index contributed by atoms with van der Waals surface area (Å²) in [5.41, 5.74) is 6.61. The van der Waals surface area contributed by atoms with Crippen molar-refractivity contribution in [3.8, 4) is 17.0 Å². The predicted octanol–water partition coefficient (Wildman–Crippen LogP) is 7.12. The fraction of sp³-hybridized carbons (Fsp3) is 0.476. The molecule has 0 spiro atoms. The summed E-state index contributed by atoms with van der Waals surface area (Å²) in [6, 6.07) is 22.7. The highest BCUT2D eigenvalue weighted by Crippen LogP contribution is 2.70. The highest BCUT2D eigenvalue weighted by atomic mass is 32.2. The van der Waals surface area contributed by atoms with E-state index in [1.54, 1.807) is 21.2 Å².